The van der Waals surface area contributed by atoms with Gasteiger partial charge in [0.25, 0.3) is 0 Å². The van der Waals surface area contributed by atoms with Gasteiger partial charge in [0.1, 0.15) is 0 Å². The van der Waals surface area contributed by atoms with Crippen molar-refractivity contribution in [3.63, 3.8) is 0 Å². The smallest absolute Gasteiger partial charge is 0.0596 e. The van der Waals surface area contributed by atoms with Gasteiger partial charge >= 0.3 is 0 Å². The highest BCUT2D eigenvalue weighted by atomic mass is 16.3. The summed E-state index contributed by atoms with van der Waals surface area (Å²) in [5, 5.41) is 10.6. The molecule has 87 heavy (non-hydrogen) atoms. The van der Waals surface area contributed by atoms with Gasteiger partial charge in [-0.25, -0.2) is 0 Å². The molecule has 0 aromatic heterocycles. The number of hydrogen-bond donors (Lipinski definition) is 1. The van der Waals surface area contributed by atoms with E-state index in [4.69, 9.17) is 0 Å². The molecule has 0 radical (unpaired) electrons. The Bertz CT molecular complexity index is 1810. The first-order valence-electron chi connectivity index (χ1n) is 38.4. The van der Waals surface area contributed by atoms with Gasteiger partial charge in [-0.15, -0.1) is 46.1 Å². The van der Waals surface area contributed by atoms with Crippen LogP contribution in [0.5, 0.6) is 0 Å². The molecule has 0 aliphatic heterocycles. The van der Waals surface area contributed by atoms with E-state index in [2.05, 4.69) is 153 Å². The molecular weight excluding hydrogens is 1050 g/mol. The van der Waals surface area contributed by atoms with Gasteiger partial charge in [0, 0.05) is 14.3 Å². The van der Waals surface area contributed by atoms with E-state index in [-0.39, 0.29) is 20.4 Å². The number of hydrogen-bond acceptors (Lipinski definition) is 1. The Morgan fingerprint density at radius 3 is 0.552 bits per heavy atom. The third kappa shape index (κ3) is 25.1. The van der Waals surface area contributed by atoms with Gasteiger partial charge in [0.2, 0.25) is 0 Å². The van der Waals surface area contributed by atoms with Crippen LogP contribution < -0.4 is 0 Å². The number of aliphatic hydroxyl groups excluding tert-OH is 1. The van der Waals surface area contributed by atoms with Crippen molar-refractivity contribution in [2.24, 2.45) is 124 Å². The molecule has 10 saturated carbocycles. The first-order chi connectivity index (χ1) is 42.5. The molecule has 0 atom stereocenters. The third-order valence-corrected chi connectivity index (χ3v) is 26.3. The summed E-state index contributed by atoms with van der Waals surface area (Å²) >= 11 is 0. The first kappa shape index (κ1) is 73.4. The molecule has 0 saturated heterocycles. The average molecular weight is 1210 g/mol. The Morgan fingerprint density at radius 2 is 0.391 bits per heavy atom. The highest BCUT2D eigenvalue weighted by Gasteiger charge is 2.36. The highest BCUT2D eigenvalue weighted by molar-refractivity contribution is 4.97. The minimum absolute atomic E-state index is 0. The van der Waals surface area contributed by atoms with Crippen molar-refractivity contribution in [1.29, 1.82) is 0 Å². The zero-order valence-corrected chi connectivity index (χ0v) is 57.9. The van der Waals surface area contributed by atoms with E-state index in [1.165, 1.54) is 257 Å². The lowest BCUT2D eigenvalue weighted by Crippen LogP contribution is -2.34. The van der Waals surface area contributed by atoms with Crippen molar-refractivity contribution in [2.45, 2.75) is 291 Å². The molecule has 1 N–H and O–H groups in total. The molecule has 0 unspecified atom stereocenters. The van der Waals surface area contributed by atoms with Crippen molar-refractivity contribution < 1.29 is 19.4 Å². The molecule has 0 spiro atoms. The van der Waals surface area contributed by atoms with E-state index in [0.29, 0.717) is 23.7 Å². The summed E-state index contributed by atoms with van der Waals surface area (Å²) in [7, 11) is 0. The van der Waals surface area contributed by atoms with Crippen LogP contribution in [0.1, 0.15) is 299 Å². The molecule has 1 nitrogen and oxygen atoms in total. The maximum absolute atomic E-state index is 10.6. The van der Waals surface area contributed by atoms with Gasteiger partial charge in [-0.3, -0.25) is 0 Å². The molecule has 512 valence electrons. The van der Waals surface area contributed by atoms with E-state index < -0.39 is 0 Å². The molecule has 1 heteroatoms. The Kier molecular flexibility index (Phi) is 35.2. The lowest BCUT2D eigenvalue weighted by atomic mass is 9.67. The molecule has 10 aliphatic carbocycles. The summed E-state index contributed by atoms with van der Waals surface area (Å²) in [6.45, 7) is 36.5. The summed E-state index contributed by atoms with van der Waals surface area (Å²) in [4.78, 5) is 0. The largest absolute Gasteiger partial charge is 0.393 e. The average Bonchev–Trinajstić information content (AvgIpc) is 1.00. The zero-order chi connectivity index (χ0) is 62.2. The van der Waals surface area contributed by atoms with E-state index in [0.717, 1.165) is 101 Å². The van der Waals surface area contributed by atoms with E-state index >= 15 is 0 Å². The van der Waals surface area contributed by atoms with Crippen LogP contribution in [-0.4, -0.2) is 11.2 Å². The third-order valence-electron chi connectivity index (χ3n) is 26.3. The van der Waals surface area contributed by atoms with Crippen LogP contribution in [0.25, 0.3) is 0 Å². The van der Waals surface area contributed by atoms with Crippen LogP contribution in [0.2, 0.25) is 0 Å². The van der Waals surface area contributed by atoms with Crippen molar-refractivity contribution in [2.75, 3.05) is 0 Å². The lowest BCUT2D eigenvalue weighted by molar-refractivity contribution is 0.0113. The minimum Gasteiger partial charge on any atom is -0.393 e. The lowest BCUT2D eigenvalue weighted by Gasteiger charge is -2.38. The monoisotopic (exact) mass is 1210 g/mol. The van der Waals surface area contributed by atoms with E-state index in [9.17, 15) is 5.11 Å². The highest BCUT2D eigenvalue weighted by Crippen LogP contribution is 2.47. The van der Waals surface area contributed by atoms with Gasteiger partial charge in [0.05, 0.1) is 6.10 Å². The maximum atomic E-state index is 10.6. The quantitative estimate of drug-likeness (QED) is 0.144. The van der Waals surface area contributed by atoms with Crippen LogP contribution in [0.4, 0.5) is 0 Å². The predicted molar refractivity (Wildman–Crippen MR) is 407 cm³/mol. The fraction of sp³-hybridized carbons (Fsp3) is 0.767. The summed E-state index contributed by atoms with van der Waals surface area (Å²) in [6.07, 6.45) is 84.8. The van der Waals surface area contributed by atoms with Crippen LogP contribution in [-0.2, 0) is 0 Å². The molecule has 0 aromatic rings. The topological polar surface area (TPSA) is 20.2 Å². The normalized spacial score (nSPS) is 39.2. The van der Waals surface area contributed by atoms with Crippen LogP contribution in [0.3, 0.4) is 0 Å². The standard InChI is InChI=1S/2C18H30.C17H28O.C17H28.C16H26.10H2/c1-4-15-6-10-17(11-7-15)14(3)18-12-8-16(5-2)9-13-18;1-3-5-15-7-11-17(12-8-15)18-13-9-16(6-4-2)10-14-18;1-3-13-5-9-15(10-6-13)17(18)16-11-7-14(4-2)8-12-16;1-3-5-15-8-12-17(13-9-15)16-10-6-14(4-2)7-11-16;1-3-13-5-9-15(10-6-13)16-11-7-14(4-2)8-12-16;;;;;;;;;;/h4-5,14-18H,1-2,6-13H2,3H3;3-6,15-18H,7-14H2,1-2H3;3-4,13-18H,1-2,5-12H2;3-5,14-17H,2,6-13H2,1H3;3-4,13-16H,1-2,5-12H2;10*1H/b;5-3+,6-4+;;5-3+;;;;;;;;;;;. The van der Waals surface area contributed by atoms with Crippen LogP contribution >= 0.6 is 0 Å². The molecule has 0 amide bonds. The second-order valence-corrected chi connectivity index (χ2v) is 31.3. The summed E-state index contributed by atoms with van der Waals surface area (Å²) in [5.41, 5.74) is 0. The van der Waals surface area contributed by atoms with Crippen molar-refractivity contribution in [3.8, 4) is 0 Å². The molecule has 0 bridgehead atoms. The van der Waals surface area contributed by atoms with Crippen LogP contribution in [0, 0.1) is 124 Å². The number of rotatable bonds is 17. The minimum atomic E-state index is -0.0541. The molecule has 10 aliphatic rings. The number of allylic oxidation sites excluding steroid dienone is 13. The van der Waals surface area contributed by atoms with Gasteiger partial charge < -0.3 is 5.11 Å². The fourth-order valence-corrected chi connectivity index (χ4v) is 19.8. The SMILES string of the molecule is C/C=C/C1CCC(C2CCC(/C=C/C)CC2)CC1.C=CC1CCC(C(C)C2CCC(C=C)CC2)CC1.C=CC1CCC(C(O)C2CCC(C=C)CC2)CC1.C=CC1CCC(C2CCC(/C=C/C)CC2)CC1.C=CC1CCC(C2CCC(C=C)CC2)CC1.[HH].[HH].[HH].[HH].[HH].[HH].[HH].[HH].[HH].[HH]. The molecule has 0 aromatic carbocycles. The maximum Gasteiger partial charge on any atom is 0.0596 e. The Balaban J connectivity index is -0.000000355. The van der Waals surface area contributed by atoms with Gasteiger partial charge in [-0.1, -0.05) is 85.9 Å². The van der Waals surface area contributed by atoms with Crippen molar-refractivity contribution in [1.82, 2.24) is 0 Å². The fourth-order valence-electron chi connectivity index (χ4n) is 19.8. The molecular formula is C86H162O. The van der Waals surface area contributed by atoms with Gasteiger partial charge in [-0.2, -0.15) is 0 Å². The molecule has 0 heterocycles. The predicted octanol–water partition coefficient (Wildman–Crippen LogP) is 28.5. The Labute approximate surface area is 556 Å². The van der Waals surface area contributed by atoms with Gasteiger partial charge in [0.15, 0.2) is 0 Å². The van der Waals surface area contributed by atoms with Crippen molar-refractivity contribution >= 4 is 0 Å². The van der Waals surface area contributed by atoms with Crippen LogP contribution in [0.15, 0.2) is 125 Å². The number of aliphatic hydroxyl groups is 1. The Hall–Kier alpha value is -2.64. The second-order valence-electron chi connectivity index (χ2n) is 31.3. The zero-order valence-electron chi connectivity index (χ0n) is 57.9. The second kappa shape index (κ2) is 41.8. The van der Waals surface area contributed by atoms with Gasteiger partial charge in [-0.05, 0) is 402 Å². The van der Waals surface area contributed by atoms with Crippen molar-refractivity contribution in [3.05, 3.63) is 125 Å². The summed E-state index contributed by atoms with van der Waals surface area (Å²) in [6, 6.07) is 0. The molecule has 10 fully saturated rings. The van der Waals surface area contributed by atoms with E-state index in [1.54, 1.807) is 0 Å². The summed E-state index contributed by atoms with van der Waals surface area (Å²) in [5.74, 6) is 18.4. The first-order valence-corrected chi connectivity index (χ1v) is 38.4. The summed E-state index contributed by atoms with van der Waals surface area (Å²) < 4.78 is 0. The molecule has 10 rings (SSSR count). The Morgan fingerprint density at radius 1 is 0.241 bits per heavy atom. The van der Waals surface area contributed by atoms with E-state index in [1.807, 2.05) is 0 Å².